The molecular weight excluding hydrogens is 550 g/mol. The fraction of sp³-hybridized carbons (Fsp3) is 0.333. The quantitative estimate of drug-likeness (QED) is 0.277. The molecule has 10 heteroatoms. The van der Waals surface area contributed by atoms with Gasteiger partial charge in [-0.15, -0.1) is 0 Å². The number of halogens is 1. The van der Waals surface area contributed by atoms with Gasteiger partial charge in [0.2, 0.25) is 21.8 Å². The molecule has 0 aliphatic rings. The topological polar surface area (TPSA) is 96.0 Å². The van der Waals surface area contributed by atoms with Crippen molar-refractivity contribution in [2.45, 2.75) is 38.8 Å². The van der Waals surface area contributed by atoms with Crippen LogP contribution in [0.5, 0.6) is 5.75 Å². The Morgan fingerprint density at radius 1 is 0.975 bits per heavy atom. The van der Waals surface area contributed by atoms with E-state index in [4.69, 9.17) is 16.3 Å². The Kier molecular flexibility index (Phi) is 11.4. The van der Waals surface area contributed by atoms with E-state index in [0.29, 0.717) is 23.0 Å². The molecule has 0 bridgehead atoms. The molecule has 1 unspecified atom stereocenters. The van der Waals surface area contributed by atoms with E-state index < -0.39 is 28.5 Å². The average molecular weight is 586 g/mol. The van der Waals surface area contributed by atoms with E-state index in [1.165, 1.54) is 12.0 Å². The summed E-state index contributed by atoms with van der Waals surface area (Å²) >= 11 is 6.23. The fourth-order valence-electron chi connectivity index (χ4n) is 4.25. The van der Waals surface area contributed by atoms with Gasteiger partial charge in [0.05, 0.1) is 19.1 Å². The number of anilines is 1. The Morgan fingerprint density at radius 2 is 1.65 bits per heavy atom. The molecule has 0 aliphatic carbocycles. The molecule has 0 heterocycles. The fourth-order valence-corrected chi connectivity index (χ4v) is 5.32. The molecule has 214 valence electrons. The summed E-state index contributed by atoms with van der Waals surface area (Å²) < 4.78 is 31.9. The van der Waals surface area contributed by atoms with Crippen molar-refractivity contribution < 1.29 is 22.7 Å². The number of hydrogen-bond acceptors (Lipinski definition) is 5. The number of amides is 2. The highest BCUT2D eigenvalue weighted by atomic mass is 35.5. The number of benzene rings is 3. The molecule has 0 saturated carbocycles. The molecule has 3 aromatic rings. The predicted molar refractivity (Wildman–Crippen MR) is 159 cm³/mol. The highest BCUT2D eigenvalue weighted by molar-refractivity contribution is 7.92. The summed E-state index contributed by atoms with van der Waals surface area (Å²) in [5.41, 5.74) is 1.90. The van der Waals surface area contributed by atoms with Gasteiger partial charge in [0.1, 0.15) is 18.3 Å². The number of hydrogen-bond donors (Lipinski definition) is 1. The third-order valence-electron chi connectivity index (χ3n) is 6.38. The average Bonchev–Trinajstić information content (AvgIpc) is 2.93. The van der Waals surface area contributed by atoms with Crippen LogP contribution in [0.15, 0.2) is 78.9 Å². The van der Waals surface area contributed by atoms with Crippen molar-refractivity contribution in [2.24, 2.45) is 0 Å². The van der Waals surface area contributed by atoms with Crippen LogP contribution in [0.25, 0.3) is 0 Å². The summed E-state index contributed by atoms with van der Waals surface area (Å²) in [7, 11) is -2.33. The summed E-state index contributed by atoms with van der Waals surface area (Å²) in [6.45, 7) is 2.08. The molecule has 0 aromatic heterocycles. The number of nitrogens with one attached hydrogen (secondary N) is 1. The van der Waals surface area contributed by atoms with Gasteiger partial charge in [-0.2, -0.15) is 0 Å². The molecule has 0 aliphatic heterocycles. The standard InChI is InChI=1S/C30H36ClN3O5S/c1-4-5-18-32-30(36)28(20-23-10-7-6-8-11-23)33(21-24-12-9-13-25(31)19-24)29(35)22-34(40(3,37)38)26-14-16-27(39-2)17-15-26/h6-17,19,28H,4-5,18,20-22H2,1-3H3,(H,32,36). The van der Waals surface area contributed by atoms with Gasteiger partial charge in [-0.3, -0.25) is 13.9 Å². The Morgan fingerprint density at radius 3 is 2.25 bits per heavy atom. The SMILES string of the molecule is CCCCNC(=O)C(Cc1ccccc1)N(Cc1cccc(Cl)c1)C(=O)CN(c1ccc(OC)cc1)S(C)(=O)=O. The van der Waals surface area contributed by atoms with E-state index in [1.54, 1.807) is 42.5 Å². The van der Waals surface area contributed by atoms with Crippen LogP contribution in [0.1, 0.15) is 30.9 Å². The first kappa shape index (κ1) is 31.0. The second-order valence-corrected chi connectivity index (χ2v) is 11.8. The van der Waals surface area contributed by atoms with Crippen molar-refractivity contribution >= 4 is 39.1 Å². The normalized spacial score (nSPS) is 11.9. The van der Waals surface area contributed by atoms with E-state index in [9.17, 15) is 18.0 Å². The third-order valence-corrected chi connectivity index (χ3v) is 7.76. The molecule has 1 atom stereocenters. The van der Waals surface area contributed by atoms with Crippen molar-refractivity contribution in [3.8, 4) is 5.75 Å². The van der Waals surface area contributed by atoms with Gasteiger partial charge in [0.15, 0.2) is 0 Å². The van der Waals surface area contributed by atoms with E-state index in [-0.39, 0.29) is 18.9 Å². The molecule has 0 saturated heterocycles. The number of sulfonamides is 1. The lowest BCUT2D eigenvalue weighted by molar-refractivity contribution is -0.140. The first-order valence-electron chi connectivity index (χ1n) is 13.1. The maximum atomic E-state index is 14.0. The number of nitrogens with zero attached hydrogens (tertiary/aromatic N) is 2. The number of unbranched alkanes of at least 4 members (excludes halogenated alkanes) is 1. The summed E-state index contributed by atoms with van der Waals surface area (Å²) in [5, 5.41) is 3.45. The van der Waals surface area contributed by atoms with Gasteiger partial charge >= 0.3 is 0 Å². The van der Waals surface area contributed by atoms with Crippen LogP contribution in [0.2, 0.25) is 5.02 Å². The van der Waals surface area contributed by atoms with E-state index >= 15 is 0 Å². The minimum atomic E-state index is -3.84. The Labute approximate surface area is 241 Å². The number of rotatable bonds is 14. The second kappa shape index (κ2) is 14.7. The van der Waals surface area contributed by atoms with Gasteiger partial charge < -0.3 is 15.0 Å². The molecule has 0 fully saturated rings. The van der Waals surface area contributed by atoms with Crippen molar-refractivity contribution in [1.29, 1.82) is 0 Å². The molecule has 40 heavy (non-hydrogen) atoms. The highest BCUT2D eigenvalue weighted by Crippen LogP contribution is 2.23. The summed E-state index contributed by atoms with van der Waals surface area (Å²) in [6.07, 6.45) is 3.00. The molecule has 1 N–H and O–H groups in total. The first-order valence-corrected chi connectivity index (χ1v) is 15.3. The van der Waals surface area contributed by atoms with Crippen molar-refractivity contribution in [3.63, 3.8) is 0 Å². The monoisotopic (exact) mass is 585 g/mol. The summed E-state index contributed by atoms with van der Waals surface area (Å²) in [4.78, 5) is 29.1. The lowest BCUT2D eigenvalue weighted by Crippen LogP contribution is -2.53. The Hall–Kier alpha value is -3.56. The van der Waals surface area contributed by atoms with Gasteiger partial charge in [0, 0.05) is 24.5 Å². The summed E-state index contributed by atoms with van der Waals surface area (Å²) in [5.74, 6) is -0.270. The minimum absolute atomic E-state index is 0.0678. The number of ether oxygens (including phenoxy) is 1. The smallest absolute Gasteiger partial charge is 0.244 e. The van der Waals surface area contributed by atoms with Crippen LogP contribution in [0, 0.1) is 0 Å². The van der Waals surface area contributed by atoms with E-state index in [2.05, 4.69) is 5.32 Å². The predicted octanol–water partition coefficient (Wildman–Crippen LogP) is 4.67. The zero-order chi connectivity index (χ0) is 29.1. The van der Waals surface area contributed by atoms with Crippen LogP contribution in [0.3, 0.4) is 0 Å². The van der Waals surface area contributed by atoms with E-state index in [1.807, 2.05) is 43.3 Å². The Balaban J connectivity index is 2.02. The van der Waals surface area contributed by atoms with Crippen LogP contribution in [-0.4, -0.2) is 57.6 Å². The summed E-state index contributed by atoms with van der Waals surface area (Å²) in [6, 6.07) is 22.0. The lowest BCUT2D eigenvalue weighted by Gasteiger charge is -2.33. The third kappa shape index (κ3) is 8.99. The molecule has 3 rings (SSSR count). The van der Waals surface area contributed by atoms with Crippen LogP contribution >= 0.6 is 11.6 Å². The molecule has 3 aromatic carbocycles. The van der Waals surface area contributed by atoms with Crippen LogP contribution < -0.4 is 14.4 Å². The first-order chi connectivity index (χ1) is 19.1. The largest absolute Gasteiger partial charge is 0.497 e. The van der Waals surface area contributed by atoms with Crippen LogP contribution in [0.4, 0.5) is 5.69 Å². The zero-order valence-corrected chi connectivity index (χ0v) is 24.6. The zero-order valence-electron chi connectivity index (χ0n) is 23.0. The molecule has 0 radical (unpaired) electrons. The molecular formula is C30H36ClN3O5S. The molecule has 0 spiro atoms. The second-order valence-electron chi connectivity index (χ2n) is 9.47. The van der Waals surface area contributed by atoms with Crippen molar-refractivity contribution in [3.05, 3.63) is 95.0 Å². The van der Waals surface area contributed by atoms with Gasteiger partial charge in [-0.05, 0) is 53.9 Å². The van der Waals surface area contributed by atoms with E-state index in [0.717, 1.165) is 34.5 Å². The van der Waals surface area contributed by atoms with Crippen molar-refractivity contribution in [1.82, 2.24) is 10.2 Å². The van der Waals surface area contributed by atoms with Gasteiger partial charge in [0.25, 0.3) is 0 Å². The van der Waals surface area contributed by atoms with Crippen LogP contribution in [-0.2, 0) is 32.6 Å². The lowest BCUT2D eigenvalue weighted by atomic mass is 10.0. The maximum absolute atomic E-state index is 14.0. The maximum Gasteiger partial charge on any atom is 0.244 e. The molecule has 8 nitrogen and oxygen atoms in total. The van der Waals surface area contributed by atoms with Gasteiger partial charge in [-0.25, -0.2) is 8.42 Å². The minimum Gasteiger partial charge on any atom is -0.497 e. The van der Waals surface area contributed by atoms with Gasteiger partial charge in [-0.1, -0.05) is 67.4 Å². The van der Waals surface area contributed by atoms with Crippen molar-refractivity contribution in [2.75, 3.05) is 30.8 Å². The number of carbonyl (C=O) groups is 2. The molecule has 2 amide bonds. The Bertz CT molecular complexity index is 1370. The number of methoxy groups -OCH3 is 1. The highest BCUT2D eigenvalue weighted by Gasteiger charge is 2.33. The number of carbonyl (C=O) groups excluding carboxylic acids is 2.